The Morgan fingerprint density at radius 2 is 1.92 bits per heavy atom. The van der Waals surface area contributed by atoms with Crippen LogP contribution in [0.3, 0.4) is 0 Å². The van der Waals surface area contributed by atoms with E-state index in [2.05, 4.69) is 5.32 Å². The number of hydrogen-bond acceptors (Lipinski definition) is 4. The number of fused-ring (bicyclic) bond motifs is 1. The van der Waals surface area contributed by atoms with Crippen LogP contribution in [0.4, 0.5) is 14.5 Å². The molecule has 0 radical (unpaired) electrons. The van der Waals surface area contributed by atoms with Gasteiger partial charge in [0.15, 0.2) is 22.8 Å². The number of hydrogen-bond donors (Lipinski definition) is 1. The molecule has 0 aliphatic heterocycles. The van der Waals surface area contributed by atoms with Crippen molar-refractivity contribution in [1.29, 1.82) is 0 Å². The number of carbonyl (C=O) groups excluding carboxylic acids is 1. The molecule has 0 saturated heterocycles. The molecule has 0 spiro atoms. The monoisotopic (exact) mass is 331 g/mol. The van der Waals surface area contributed by atoms with E-state index in [1.807, 2.05) is 0 Å². The van der Waals surface area contributed by atoms with Crippen molar-refractivity contribution in [3.63, 3.8) is 0 Å². The molecule has 1 aromatic heterocycles. The molecule has 1 heterocycles. The second kappa shape index (κ2) is 6.11. The van der Waals surface area contributed by atoms with Crippen LogP contribution in [0.5, 0.6) is 5.75 Å². The van der Waals surface area contributed by atoms with Crippen molar-refractivity contribution in [2.45, 2.75) is 0 Å². The van der Waals surface area contributed by atoms with Gasteiger partial charge in [0, 0.05) is 17.8 Å². The van der Waals surface area contributed by atoms with Crippen LogP contribution in [-0.2, 0) is 0 Å². The maximum Gasteiger partial charge on any atom is 0.291 e. The summed E-state index contributed by atoms with van der Waals surface area (Å²) < 4.78 is 36.6. The fraction of sp³-hybridized carbons (Fsp3) is 0.0588. The smallest absolute Gasteiger partial charge is 0.291 e. The molecule has 1 amide bonds. The van der Waals surface area contributed by atoms with Crippen LogP contribution in [0.25, 0.3) is 11.0 Å². The van der Waals surface area contributed by atoms with Crippen molar-refractivity contribution in [2.75, 3.05) is 12.4 Å². The van der Waals surface area contributed by atoms with Crippen LogP contribution < -0.4 is 15.5 Å². The summed E-state index contributed by atoms with van der Waals surface area (Å²) in [7, 11) is 1.41. The summed E-state index contributed by atoms with van der Waals surface area (Å²) in [5.41, 5.74) is -0.242. The third-order valence-corrected chi connectivity index (χ3v) is 3.34. The minimum Gasteiger partial charge on any atom is -0.496 e. The molecule has 122 valence electrons. The largest absolute Gasteiger partial charge is 0.496 e. The van der Waals surface area contributed by atoms with Gasteiger partial charge in [0.2, 0.25) is 0 Å². The Balaban J connectivity index is 1.98. The van der Waals surface area contributed by atoms with Crippen molar-refractivity contribution < 1.29 is 22.7 Å². The van der Waals surface area contributed by atoms with Gasteiger partial charge < -0.3 is 14.5 Å². The minimum absolute atomic E-state index is 0.0345. The van der Waals surface area contributed by atoms with Gasteiger partial charge in [-0.1, -0.05) is 6.07 Å². The Kier molecular flexibility index (Phi) is 3.99. The minimum atomic E-state index is -1.10. The predicted octanol–water partition coefficient (Wildman–Crippen LogP) is 3.33. The molecule has 0 aliphatic rings. The molecule has 7 heteroatoms. The van der Waals surface area contributed by atoms with Gasteiger partial charge in [-0.25, -0.2) is 8.78 Å². The van der Waals surface area contributed by atoms with E-state index in [-0.39, 0.29) is 22.4 Å². The highest BCUT2D eigenvalue weighted by Gasteiger charge is 2.15. The van der Waals surface area contributed by atoms with Crippen molar-refractivity contribution in [1.82, 2.24) is 0 Å². The average Bonchev–Trinajstić information content (AvgIpc) is 2.57. The molecule has 3 rings (SSSR count). The first-order valence-electron chi connectivity index (χ1n) is 6.87. The van der Waals surface area contributed by atoms with Crippen LogP contribution in [0.1, 0.15) is 10.6 Å². The Labute approximate surface area is 134 Å². The highest BCUT2D eigenvalue weighted by atomic mass is 19.2. The van der Waals surface area contributed by atoms with Gasteiger partial charge in [-0.2, -0.15) is 0 Å². The maximum atomic E-state index is 13.2. The molecule has 0 fully saturated rings. The lowest BCUT2D eigenvalue weighted by atomic mass is 10.2. The summed E-state index contributed by atoms with van der Waals surface area (Å²) >= 11 is 0. The number of rotatable bonds is 3. The van der Waals surface area contributed by atoms with E-state index in [4.69, 9.17) is 9.15 Å². The molecule has 3 aromatic rings. The van der Waals surface area contributed by atoms with Gasteiger partial charge in [-0.05, 0) is 24.3 Å². The van der Waals surface area contributed by atoms with E-state index < -0.39 is 23.0 Å². The van der Waals surface area contributed by atoms with Gasteiger partial charge in [0.25, 0.3) is 5.91 Å². The number of methoxy groups -OCH3 is 1. The summed E-state index contributed by atoms with van der Waals surface area (Å²) in [6.45, 7) is 0. The predicted molar refractivity (Wildman–Crippen MR) is 83.3 cm³/mol. The lowest BCUT2D eigenvalue weighted by Gasteiger charge is -2.07. The van der Waals surface area contributed by atoms with E-state index in [0.29, 0.717) is 5.75 Å². The molecule has 0 saturated carbocycles. The Morgan fingerprint density at radius 3 is 2.62 bits per heavy atom. The Morgan fingerprint density at radius 1 is 1.12 bits per heavy atom. The first-order valence-corrected chi connectivity index (χ1v) is 6.87. The van der Waals surface area contributed by atoms with Gasteiger partial charge >= 0.3 is 0 Å². The van der Waals surface area contributed by atoms with Crippen molar-refractivity contribution >= 4 is 22.6 Å². The second-order valence-electron chi connectivity index (χ2n) is 4.89. The molecule has 2 aromatic carbocycles. The first-order chi connectivity index (χ1) is 11.5. The molecular formula is C17H11F2NO4. The van der Waals surface area contributed by atoms with E-state index in [0.717, 1.165) is 18.2 Å². The highest BCUT2D eigenvalue weighted by molar-refractivity contribution is 6.03. The SMILES string of the molecule is COc1cccc2oc(C(=O)Nc3ccc(F)c(F)c3)cc(=O)c12. The summed E-state index contributed by atoms with van der Waals surface area (Å²) in [6, 6.07) is 8.65. The normalized spacial score (nSPS) is 10.6. The fourth-order valence-electron chi connectivity index (χ4n) is 2.23. The van der Waals surface area contributed by atoms with Crippen molar-refractivity contribution in [3.05, 3.63) is 70.1 Å². The number of nitrogens with one attached hydrogen (secondary N) is 1. The summed E-state index contributed by atoms with van der Waals surface area (Å²) in [5.74, 6) is -2.82. The third kappa shape index (κ3) is 2.83. The highest BCUT2D eigenvalue weighted by Crippen LogP contribution is 2.23. The molecule has 1 N–H and O–H groups in total. The zero-order valence-corrected chi connectivity index (χ0v) is 12.4. The first kappa shape index (κ1) is 15.7. The number of benzene rings is 2. The van der Waals surface area contributed by atoms with E-state index in [1.165, 1.54) is 19.2 Å². The van der Waals surface area contributed by atoms with Crippen LogP contribution in [0, 0.1) is 11.6 Å². The molecule has 0 unspecified atom stereocenters. The van der Waals surface area contributed by atoms with Crippen molar-refractivity contribution in [2.24, 2.45) is 0 Å². The van der Waals surface area contributed by atoms with E-state index in [9.17, 15) is 18.4 Å². The van der Waals surface area contributed by atoms with Gasteiger partial charge in [-0.3, -0.25) is 9.59 Å². The van der Waals surface area contributed by atoms with Gasteiger partial charge in [0.1, 0.15) is 16.7 Å². The molecule has 0 aliphatic carbocycles. The van der Waals surface area contributed by atoms with Crippen molar-refractivity contribution in [3.8, 4) is 5.75 Å². The average molecular weight is 331 g/mol. The third-order valence-electron chi connectivity index (χ3n) is 3.34. The standard InChI is InChI=1S/C17H11F2NO4/c1-23-13-3-2-4-14-16(13)12(21)8-15(24-14)17(22)20-9-5-6-10(18)11(19)7-9/h2-8H,1H3,(H,20,22). The lowest BCUT2D eigenvalue weighted by molar-refractivity contribution is 0.0997. The zero-order chi connectivity index (χ0) is 17.3. The summed E-state index contributed by atoms with van der Waals surface area (Å²) in [6.07, 6.45) is 0. The van der Waals surface area contributed by atoms with Gasteiger partial charge in [0.05, 0.1) is 7.11 Å². The van der Waals surface area contributed by atoms with Crippen LogP contribution in [0.15, 0.2) is 51.7 Å². The Bertz CT molecular complexity index is 998. The second-order valence-corrected chi connectivity index (χ2v) is 4.89. The summed E-state index contributed by atoms with van der Waals surface area (Å²) in [4.78, 5) is 24.4. The maximum absolute atomic E-state index is 13.2. The number of amides is 1. The number of carbonyl (C=O) groups is 1. The zero-order valence-electron chi connectivity index (χ0n) is 12.4. The van der Waals surface area contributed by atoms with E-state index in [1.54, 1.807) is 12.1 Å². The molecule has 0 bridgehead atoms. The quantitative estimate of drug-likeness (QED) is 0.799. The van der Waals surface area contributed by atoms with Gasteiger partial charge in [-0.15, -0.1) is 0 Å². The Hall–Kier alpha value is -3.22. The molecule has 24 heavy (non-hydrogen) atoms. The number of halogens is 2. The number of anilines is 1. The van der Waals surface area contributed by atoms with Crippen LogP contribution in [-0.4, -0.2) is 13.0 Å². The fourth-order valence-corrected chi connectivity index (χ4v) is 2.23. The lowest BCUT2D eigenvalue weighted by Crippen LogP contribution is -2.15. The van der Waals surface area contributed by atoms with Crippen LogP contribution in [0.2, 0.25) is 0 Å². The topological polar surface area (TPSA) is 68.5 Å². The number of ether oxygens (including phenoxy) is 1. The molecule has 5 nitrogen and oxygen atoms in total. The molecule has 0 atom stereocenters. The summed E-state index contributed by atoms with van der Waals surface area (Å²) in [5, 5.41) is 2.55. The molecular weight excluding hydrogens is 320 g/mol. The van der Waals surface area contributed by atoms with Crippen LogP contribution >= 0.6 is 0 Å². The van der Waals surface area contributed by atoms with E-state index >= 15 is 0 Å².